The molecule has 0 N–H and O–H groups in total. The zero-order valence-electron chi connectivity index (χ0n) is 6.57. The maximum absolute atomic E-state index is 11.1. The fourth-order valence-corrected chi connectivity index (χ4v) is 3.33. The number of fused-ring (bicyclic) bond motifs is 1. The molecule has 0 bridgehead atoms. The van der Waals surface area contributed by atoms with Crippen LogP contribution < -0.4 is 0 Å². The first-order valence-corrected chi connectivity index (χ1v) is 7.02. The maximum Gasteiger partial charge on any atom is 0.262 e. The summed E-state index contributed by atoms with van der Waals surface area (Å²) in [5.74, 6) is 0. The van der Waals surface area contributed by atoms with E-state index in [1.165, 1.54) is 23.5 Å². The number of nitrogens with zero attached hydrogens (tertiary/aromatic N) is 1. The molecule has 1 heterocycles. The lowest BCUT2D eigenvalue weighted by atomic mass is 10.3. The van der Waals surface area contributed by atoms with Gasteiger partial charge in [0.1, 0.15) is 4.90 Å². The van der Waals surface area contributed by atoms with Gasteiger partial charge in [-0.15, -0.1) is 11.3 Å². The number of rotatable bonds is 1. The lowest BCUT2D eigenvalue weighted by Crippen LogP contribution is -1.91. The van der Waals surface area contributed by atoms with Crippen molar-refractivity contribution in [3.8, 4) is 0 Å². The third-order valence-electron chi connectivity index (χ3n) is 1.65. The Bertz CT molecular complexity index is 591. The summed E-state index contributed by atoms with van der Waals surface area (Å²) in [4.78, 5) is 3.93. The highest BCUT2D eigenvalue weighted by atomic mass is 35.7. The van der Waals surface area contributed by atoms with Gasteiger partial charge in [-0.3, -0.25) is 0 Å². The molecule has 0 unspecified atom stereocenters. The van der Waals surface area contributed by atoms with E-state index >= 15 is 0 Å². The Morgan fingerprint density at radius 2 is 2.07 bits per heavy atom. The lowest BCUT2D eigenvalue weighted by molar-refractivity contribution is 0.610. The van der Waals surface area contributed by atoms with Crippen LogP contribution in [0, 0.1) is 0 Å². The zero-order valence-corrected chi connectivity index (χ0v) is 9.71. The smallest absolute Gasteiger partial charge is 0.245 e. The Kier molecular flexibility index (Phi) is 2.43. The van der Waals surface area contributed by atoms with E-state index in [-0.39, 0.29) is 9.92 Å². The molecule has 1 aromatic carbocycles. The van der Waals surface area contributed by atoms with Crippen molar-refractivity contribution in [1.29, 1.82) is 0 Å². The molecule has 3 nitrogen and oxygen atoms in total. The summed E-state index contributed by atoms with van der Waals surface area (Å²) >= 11 is 7.08. The summed E-state index contributed by atoms with van der Waals surface area (Å²) < 4.78 is 22.9. The molecule has 0 amide bonds. The van der Waals surface area contributed by atoms with E-state index in [2.05, 4.69) is 4.98 Å². The third kappa shape index (κ3) is 1.72. The van der Waals surface area contributed by atoms with Crippen molar-refractivity contribution >= 4 is 52.9 Å². The topological polar surface area (TPSA) is 47.0 Å². The van der Waals surface area contributed by atoms with Gasteiger partial charge in [-0.2, -0.15) is 0 Å². The Hall–Kier alpha value is -0.360. The highest BCUT2D eigenvalue weighted by Crippen LogP contribution is 2.30. The van der Waals surface area contributed by atoms with Crippen LogP contribution >= 0.6 is 33.6 Å². The average Bonchev–Trinajstić information content (AvgIpc) is 2.47. The molecule has 0 saturated heterocycles. The van der Waals surface area contributed by atoms with Gasteiger partial charge in [0.2, 0.25) is 0 Å². The summed E-state index contributed by atoms with van der Waals surface area (Å²) in [7, 11) is 1.42. The molecule has 0 aliphatic heterocycles. The minimum absolute atomic E-state index is 0.0717. The molecular weight excluding hydrogens is 265 g/mol. The molecular formula is C7H3Cl2NO2S2. The quantitative estimate of drug-likeness (QED) is 0.747. The average molecular weight is 268 g/mol. The molecule has 0 aliphatic carbocycles. The van der Waals surface area contributed by atoms with E-state index in [0.29, 0.717) is 5.52 Å². The third-order valence-corrected chi connectivity index (χ3v) is 4.23. The van der Waals surface area contributed by atoms with E-state index in [9.17, 15) is 8.42 Å². The van der Waals surface area contributed by atoms with Crippen LogP contribution in [0.15, 0.2) is 22.5 Å². The van der Waals surface area contributed by atoms with Crippen LogP contribution in [-0.2, 0) is 9.05 Å². The summed E-state index contributed by atoms with van der Waals surface area (Å²) in [6.07, 6.45) is 0. The van der Waals surface area contributed by atoms with Crippen LogP contribution in [0.1, 0.15) is 0 Å². The molecule has 0 saturated carbocycles. The minimum atomic E-state index is -3.78. The predicted molar refractivity (Wildman–Crippen MR) is 57.7 cm³/mol. The summed E-state index contributed by atoms with van der Waals surface area (Å²) in [6, 6.07) is 2.92. The second-order valence-electron chi connectivity index (χ2n) is 2.54. The van der Waals surface area contributed by atoms with Crippen molar-refractivity contribution in [3.63, 3.8) is 0 Å². The van der Waals surface area contributed by atoms with E-state index in [4.69, 9.17) is 22.3 Å². The number of hydrogen-bond donors (Lipinski definition) is 0. The van der Waals surface area contributed by atoms with Gasteiger partial charge in [0.05, 0.1) is 20.7 Å². The molecule has 74 valence electrons. The molecule has 0 atom stereocenters. The molecule has 0 aliphatic rings. The lowest BCUT2D eigenvalue weighted by Gasteiger charge is -1.98. The number of benzene rings is 1. The largest absolute Gasteiger partial charge is 0.262 e. The number of halogens is 2. The van der Waals surface area contributed by atoms with Crippen LogP contribution in [0.25, 0.3) is 10.2 Å². The van der Waals surface area contributed by atoms with E-state index in [1.807, 2.05) is 0 Å². The fraction of sp³-hybridized carbons (Fsp3) is 0. The van der Waals surface area contributed by atoms with Gasteiger partial charge in [-0.1, -0.05) is 11.6 Å². The standard InChI is InChI=1S/C7H3Cl2NO2S2/c8-4-1-5-6(13-3-10-5)2-7(4)14(9,11)12/h1-3H. The highest BCUT2D eigenvalue weighted by molar-refractivity contribution is 8.13. The number of thiazole rings is 1. The van der Waals surface area contributed by atoms with Crippen molar-refractivity contribution in [1.82, 2.24) is 4.98 Å². The molecule has 1 aromatic heterocycles. The number of hydrogen-bond acceptors (Lipinski definition) is 4. The first kappa shape index (κ1) is 10.2. The van der Waals surface area contributed by atoms with Gasteiger partial charge in [0.25, 0.3) is 9.05 Å². The first-order valence-electron chi connectivity index (χ1n) is 3.46. The summed E-state index contributed by atoms with van der Waals surface area (Å²) in [5, 5.41) is 0.0957. The SMILES string of the molecule is O=S(=O)(Cl)c1cc2scnc2cc1Cl. The van der Waals surface area contributed by atoms with Crippen LogP contribution in [0.4, 0.5) is 0 Å². The summed E-state index contributed by atoms with van der Waals surface area (Å²) in [6.45, 7) is 0. The van der Waals surface area contributed by atoms with Crippen LogP contribution in [-0.4, -0.2) is 13.4 Å². The summed E-state index contributed by atoms with van der Waals surface area (Å²) in [5.41, 5.74) is 2.29. The van der Waals surface area contributed by atoms with Crippen LogP contribution in [0.2, 0.25) is 5.02 Å². The van der Waals surface area contributed by atoms with Crippen molar-refractivity contribution < 1.29 is 8.42 Å². The van der Waals surface area contributed by atoms with Crippen LogP contribution in [0.5, 0.6) is 0 Å². The van der Waals surface area contributed by atoms with Crippen molar-refractivity contribution in [2.75, 3.05) is 0 Å². The van der Waals surface area contributed by atoms with E-state index in [1.54, 1.807) is 5.51 Å². The molecule has 0 spiro atoms. The van der Waals surface area contributed by atoms with E-state index in [0.717, 1.165) is 4.70 Å². The Morgan fingerprint density at radius 1 is 1.36 bits per heavy atom. The van der Waals surface area contributed by atoms with Gasteiger partial charge in [-0.25, -0.2) is 13.4 Å². The van der Waals surface area contributed by atoms with Gasteiger partial charge in [0.15, 0.2) is 0 Å². The molecule has 7 heteroatoms. The molecule has 0 radical (unpaired) electrons. The second-order valence-corrected chi connectivity index (χ2v) is 6.37. The first-order chi connectivity index (χ1) is 6.48. The highest BCUT2D eigenvalue weighted by Gasteiger charge is 2.16. The van der Waals surface area contributed by atoms with Crippen molar-refractivity contribution in [2.24, 2.45) is 0 Å². The monoisotopic (exact) mass is 267 g/mol. The predicted octanol–water partition coefficient (Wildman–Crippen LogP) is 2.88. The molecule has 2 rings (SSSR count). The molecule has 14 heavy (non-hydrogen) atoms. The van der Waals surface area contributed by atoms with Gasteiger partial charge in [0, 0.05) is 10.7 Å². The molecule has 0 fully saturated rings. The van der Waals surface area contributed by atoms with Gasteiger partial charge >= 0.3 is 0 Å². The number of aromatic nitrogens is 1. The van der Waals surface area contributed by atoms with Crippen LogP contribution in [0.3, 0.4) is 0 Å². The van der Waals surface area contributed by atoms with Crippen molar-refractivity contribution in [2.45, 2.75) is 4.90 Å². The Balaban J connectivity index is 2.84. The van der Waals surface area contributed by atoms with Crippen molar-refractivity contribution in [3.05, 3.63) is 22.7 Å². The Labute approximate surface area is 93.7 Å². The molecule has 2 aromatic rings. The fourth-order valence-electron chi connectivity index (χ4n) is 1.05. The van der Waals surface area contributed by atoms with Gasteiger partial charge in [-0.05, 0) is 12.1 Å². The normalized spacial score (nSPS) is 12.1. The minimum Gasteiger partial charge on any atom is -0.245 e. The second kappa shape index (κ2) is 3.34. The van der Waals surface area contributed by atoms with E-state index < -0.39 is 9.05 Å². The maximum atomic E-state index is 11.1. The van der Waals surface area contributed by atoms with Gasteiger partial charge < -0.3 is 0 Å². The Morgan fingerprint density at radius 3 is 2.71 bits per heavy atom. The zero-order chi connectivity index (χ0) is 10.3.